The second-order valence-corrected chi connectivity index (χ2v) is 4.06. The van der Waals surface area contributed by atoms with E-state index >= 15 is 0 Å². The Labute approximate surface area is 102 Å². The average molecular weight is 272 g/mol. The fraction of sp³-hybridized carbons (Fsp3) is 0.400. The molecule has 0 saturated carbocycles. The van der Waals surface area contributed by atoms with E-state index in [2.05, 4.69) is 5.32 Å². The zero-order valence-corrected chi connectivity index (χ0v) is 9.92. The maximum absolute atomic E-state index is 13.2. The lowest BCUT2D eigenvalue weighted by molar-refractivity contribution is 0.142. The van der Waals surface area contributed by atoms with Gasteiger partial charge in [-0.3, -0.25) is 0 Å². The molecule has 0 bridgehead atoms. The minimum atomic E-state index is -2.48. The summed E-state index contributed by atoms with van der Waals surface area (Å²) in [7, 11) is 0. The van der Waals surface area contributed by atoms with Gasteiger partial charge < -0.3 is 5.32 Å². The first-order valence-electron chi connectivity index (χ1n) is 4.58. The molecule has 16 heavy (non-hydrogen) atoms. The van der Waals surface area contributed by atoms with Crippen LogP contribution in [-0.2, 0) is 0 Å². The Morgan fingerprint density at radius 1 is 1.31 bits per heavy atom. The summed E-state index contributed by atoms with van der Waals surface area (Å²) in [6.45, 7) is 1.10. The lowest BCUT2D eigenvalue weighted by atomic mass is 10.1. The average Bonchev–Trinajstić information content (AvgIpc) is 2.21. The molecule has 1 nitrogen and oxygen atoms in total. The van der Waals surface area contributed by atoms with Gasteiger partial charge in [-0.1, -0.05) is 23.2 Å². The third kappa shape index (κ3) is 3.27. The number of nitrogens with one attached hydrogen (secondary N) is 1. The van der Waals surface area contributed by atoms with Gasteiger partial charge in [-0.05, 0) is 19.1 Å². The van der Waals surface area contributed by atoms with E-state index in [0.717, 1.165) is 6.07 Å². The summed E-state index contributed by atoms with van der Waals surface area (Å²) in [6, 6.07) is 1.94. The molecule has 1 N–H and O–H groups in total. The molecule has 0 fully saturated rings. The summed E-state index contributed by atoms with van der Waals surface area (Å²) in [6.07, 6.45) is -2.48. The number of hydrogen-bond acceptors (Lipinski definition) is 1. The van der Waals surface area contributed by atoms with E-state index in [1.54, 1.807) is 6.92 Å². The standard InChI is InChI=1S/C10H10Cl2F3N/c1-5(16-4-8(14)15)9-6(11)2-3-7(13)10(9)12/h2-3,5,8,16H,4H2,1H3. The molecule has 1 atom stereocenters. The highest BCUT2D eigenvalue weighted by Gasteiger charge is 2.17. The quantitative estimate of drug-likeness (QED) is 0.815. The second-order valence-electron chi connectivity index (χ2n) is 3.28. The molecule has 1 aromatic carbocycles. The summed E-state index contributed by atoms with van der Waals surface area (Å²) in [5, 5.41) is 2.64. The number of halogens is 5. The molecule has 0 aliphatic carbocycles. The van der Waals surface area contributed by atoms with Crippen molar-refractivity contribution in [2.45, 2.75) is 19.4 Å². The highest BCUT2D eigenvalue weighted by molar-refractivity contribution is 6.36. The molecule has 1 rings (SSSR count). The molecular formula is C10H10Cl2F3N. The molecule has 0 amide bonds. The van der Waals surface area contributed by atoms with Crippen LogP contribution in [0.3, 0.4) is 0 Å². The van der Waals surface area contributed by atoms with Gasteiger partial charge in [0.05, 0.1) is 11.6 Å². The molecule has 1 unspecified atom stereocenters. The fourth-order valence-electron chi connectivity index (χ4n) is 1.31. The van der Waals surface area contributed by atoms with Crippen LogP contribution >= 0.6 is 23.2 Å². The largest absolute Gasteiger partial charge is 0.305 e. The number of hydrogen-bond donors (Lipinski definition) is 1. The Kier molecular flexibility index (Phi) is 4.89. The van der Waals surface area contributed by atoms with Crippen molar-refractivity contribution in [3.63, 3.8) is 0 Å². The molecule has 0 heterocycles. The van der Waals surface area contributed by atoms with E-state index in [1.165, 1.54) is 6.07 Å². The van der Waals surface area contributed by atoms with E-state index in [9.17, 15) is 13.2 Å². The zero-order valence-electron chi connectivity index (χ0n) is 8.41. The molecule has 0 spiro atoms. The monoisotopic (exact) mass is 271 g/mol. The van der Waals surface area contributed by atoms with Gasteiger partial charge in [0.15, 0.2) is 0 Å². The van der Waals surface area contributed by atoms with E-state index in [1.807, 2.05) is 0 Å². The first-order chi connectivity index (χ1) is 7.43. The molecule has 6 heteroatoms. The van der Waals surface area contributed by atoms with Crippen LogP contribution in [-0.4, -0.2) is 13.0 Å². The van der Waals surface area contributed by atoms with Gasteiger partial charge in [0.25, 0.3) is 6.43 Å². The van der Waals surface area contributed by atoms with Crippen molar-refractivity contribution in [1.82, 2.24) is 5.32 Å². The van der Waals surface area contributed by atoms with E-state index in [4.69, 9.17) is 23.2 Å². The summed E-state index contributed by atoms with van der Waals surface area (Å²) in [5.74, 6) is -0.619. The highest BCUT2D eigenvalue weighted by Crippen LogP contribution is 2.32. The van der Waals surface area contributed by atoms with Crippen LogP contribution < -0.4 is 5.32 Å². The third-order valence-corrected chi connectivity index (χ3v) is 2.80. The predicted molar refractivity (Wildman–Crippen MR) is 58.8 cm³/mol. The molecule has 0 aliphatic heterocycles. The van der Waals surface area contributed by atoms with Crippen LogP contribution in [0.25, 0.3) is 0 Å². The van der Waals surface area contributed by atoms with Gasteiger partial charge in [-0.15, -0.1) is 0 Å². The summed E-state index contributed by atoms with van der Waals surface area (Å²) >= 11 is 11.6. The summed E-state index contributed by atoms with van der Waals surface area (Å²) in [4.78, 5) is 0. The molecular weight excluding hydrogens is 262 g/mol. The van der Waals surface area contributed by atoms with Crippen molar-refractivity contribution in [3.05, 3.63) is 33.6 Å². The van der Waals surface area contributed by atoms with E-state index < -0.39 is 24.8 Å². The molecule has 0 aliphatic rings. The van der Waals surface area contributed by atoms with Gasteiger partial charge >= 0.3 is 0 Å². The number of alkyl halides is 2. The minimum absolute atomic E-state index is 0.137. The zero-order chi connectivity index (χ0) is 12.3. The second kappa shape index (κ2) is 5.75. The van der Waals surface area contributed by atoms with Crippen molar-refractivity contribution >= 4 is 23.2 Å². The summed E-state index contributed by atoms with van der Waals surface area (Å²) < 4.78 is 37.1. The van der Waals surface area contributed by atoms with Crippen LogP contribution in [0.5, 0.6) is 0 Å². The SMILES string of the molecule is CC(NCC(F)F)c1c(Cl)ccc(F)c1Cl. The Bertz CT molecular complexity index is 371. The predicted octanol–water partition coefficient (Wildman–Crippen LogP) is 4.05. The maximum Gasteiger partial charge on any atom is 0.250 e. The van der Waals surface area contributed by atoms with Crippen LogP contribution in [0.4, 0.5) is 13.2 Å². The topological polar surface area (TPSA) is 12.0 Å². The van der Waals surface area contributed by atoms with Crippen LogP contribution in [0.1, 0.15) is 18.5 Å². The molecule has 0 saturated heterocycles. The molecule has 0 radical (unpaired) electrons. The smallest absolute Gasteiger partial charge is 0.250 e. The van der Waals surface area contributed by atoms with Gasteiger partial charge in [0.1, 0.15) is 5.82 Å². The van der Waals surface area contributed by atoms with Gasteiger partial charge in [-0.2, -0.15) is 0 Å². The lowest BCUT2D eigenvalue weighted by Crippen LogP contribution is -2.25. The fourth-order valence-corrected chi connectivity index (χ4v) is 2.01. The van der Waals surface area contributed by atoms with E-state index in [-0.39, 0.29) is 10.0 Å². The number of rotatable bonds is 4. The van der Waals surface area contributed by atoms with Gasteiger partial charge in [0.2, 0.25) is 0 Å². The first-order valence-corrected chi connectivity index (χ1v) is 5.34. The Hall–Kier alpha value is -0.450. The van der Waals surface area contributed by atoms with Crippen molar-refractivity contribution in [2.24, 2.45) is 0 Å². The maximum atomic E-state index is 13.2. The summed E-state index contributed by atoms with van der Waals surface area (Å²) in [5.41, 5.74) is 0.295. The molecule has 0 aromatic heterocycles. The van der Waals surface area contributed by atoms with Crippen molar-refractivity contribution in [2.75, 3.05) is 6.54 Å². The first kappa shape index (κ1) is 13.6. The highest BCUT2D eigenvalue weighted by atomic mass is 35.5. The van der Waals surface area contributed by atoms with Gasteiger partial charge in [-0.25, -0.2) is 13.2 Å². The number of benzene rings is 1. The lowest BCUT2D eigenvalue weighted by Gasteiger charge is -2.17. The minimum Gasteiger partial charge on any atom is -0.305 e. The van der Waals surface area contributed by atoms with Crippen LogP contribution in [0.15, 0.2) is 12.1 Å². The molecule has 1 aromatic rings. The third-order valence-electron chi connectivity index (χ3n) is 2.09. The normalized spacial score (nSPS) is 13.2. The van der Waals surface area contributed by atoms with Crippen molar-refractivity contribution in [3.8, 4) is 0 Å². The van der Waals surface area contributed by atoms with Crippen LogP contribution in [0, 0.1) is 5.82 Å². The molecule has 90 valence electrons. The van der Waals surface area contributed by atoms with Crippen molar-refractivity contribution < 1.29 is 13.2 Å². The Morgan fingerprint density at radius 2 is 1.94 bits per heavy atom. The Morgan fingerprint density at radius 3 is 2.50 bits per heavy atom. The van der Waals surface area contributed by atoms with Gasteiger partial charge in [0, 0.05) is 16.6 Å². The Balaban J connectivity index is 2.90. The van der Waals surface area contributed by atoms with Crippen molar-refractivity contribution in [1.29, 1.82) is 0 Å². The van der Waals surface area contributed by atoms with Crippen LogP contribution in [0.2, 0.25) is 10.0 Å². The van der Waals surface area contributed by atoms with E-state index in [0.29, 0.717) is 5.56 Å².